The van der Waals surface area contributed by atoms with Gasteiger partial charge in [-0.1, -0.05) is 20.8 Å². The van der Waals surface area contributed by atoms with Crippen molar-refractivity contribution >= 4 is 23.3 Å². The summed E-state index contributed by atoms with van der Waals surface area (Å²) in [6.45, 7) is 10.3. The molecule has 0 saturated carbocycles. The quantitative estimate of drug-likeness (QED) is 0.485. The van der Waals surface area contributed by atoms with Crippen molar-refractivity contribution in [1.82, 2.24) is 24.9 Å². The van der Waals surface area contributed by atoms with Crippen LogP contribution < -0.4 is 10.6 Å². The predicted molar refractivity (Wildman–Crippen MR) is 107 cm³/mol. The molecule has 11 nitrogen and oxygen atoms in total. The molecule has 1 unspecified atom stereocenters. The standard InChI is InChI=1S/C18H27N7O4/c1-6-14(24-12(5)8-15(21-24)25(28)29)17(26)20-13-10-23(7-2)22-16(13)18(27)19-9-11(3)4/h8,10-11,14H,6-7,9H2,1-5H3,(H,19,27)(H,20,26). The largest absolute Gasteiger partial charge is 0.390 e. The second-order valence-electron chi connectivity index (χ2n) is 7.11. The SMILES string of the molecule is CCC(C(=O)Nc1cn(CC)nc1C(=O)NCC(C)C)n1nc([N+](=O)[O-])cc1C. The van der Waals surface area contributed by atoms with Gasteiger partial charge in [0.05, 0.1) is 22.5 Å². The number of hydrogen-bond acceptors (Lipinski definition) is 6. The van der Waals surface area contributed by atoms with Gasteiger partial charge in [0.2, 0.25) is 0 Å². The lowest BCUT2D eigenvalue weighted by Gasteiger charge is -2.14. The lowest BCUT2D eigenvalue weighted by atomic mass is 10.2. The molecule has 2 rings (SSSR count). The smallest absolute Gasteiger partial charge is 0.358 e. The number of amides is 2. The zero-order valence-corrected chi connectivity index (χ0v) is 17.3. The van der Waals surface area contributed by atoms with Crippen LogP contribution in [0.5, 0.6) is 0 Å². The van der Waals surface area contributed by atoms with Crippen LogP contribution in [0.2, 0.25) is 0 Å². The van der Waals surface area contributed by atoms with Crippen molar-refractivity contribution in [3.05, 3.63) is 33.8 Å². The molecule has 2 N–H and O–H groups in total. The Morgan fingerprint density at radius 3 is 2.48 bits per heavy atom. The average molecular weight is 405 g/mol. The van der Waals surface area contributed by atoms with E-state index in [1.54, 1.807) is 24.7 Å². The number of hydrogen-bond donors (Lipinski definition) is 2. The number of nitrogens with zero attached hydrogens (tertiary/aromatic N) is 5. The summed E-state index contributed by atoms with van der Waals surface area (Å²) >= 11 is 0. The molecule has 0 radical (unpaired) electrons. The van der Waals surface area contributed by atoms with Crippen molar-refractivity contribution in [3.8, 4) is 0 Å². The number of anilines is 1. The monoisotopic (exact) mass is 405 g/mol. The first-order valence-corrected chi connectivity index (χ1v) is 9.54. The molecule has 0 spiro atoms. The lowest BCUT2D eigenvalue weighted by molar-refractivity contribution is -0.389. The molecule has 0 aliphatic carbocycles. The maximum Gasteiger partial charge on any atom is 0.390 e. The number of carbonyl (C=O) groups is 2. The minimum Gasteiger partial charge on any atom is -0.358 e. The Kier molecular flexibility index (Phi) is 7.08. The van der Waals surface area contributed by atoms with Crippen molar-refractivity contribution in [2.45, 2.75) is 53.6 Å². The normalized spacial score (nSPS) is 12.1. The van der Waals surface area contributed by atoms with Crippen LogP contribution in [0.15, 0.2) is 12.3 Å². The predicted octanol–water partition coefficient (Wildman–Crippen LogP) is 2.29. The zero-order chi connectivity index (χ0) is 21.7. The number of nitro groups is 1. The second-order valence-corrected chi connectivity index (χ2v) is 7.11. The van der Waals surface area contributed by atoms with Crippen molar-refractivity contribution < 1.29 is 14.5 Å². The molecule has 29 heavy (non-hydrogen) atoms. The van der Waals surface area contributed by atoms with Gasteiger partial charge in [0, 0.05) is 19.3 Å². The van der Waals surface area contributed by atoms with E-state index in [0.717, 1.165) is 0 Å². The molecule has 2 aromatic heterocycles. The van der Waals surface area contributed by atoms with Crippen molar-refractivity contribution in [2.75, 3.05) is 11.9 Å². The van der Waals surface area contributed by atoms with Crippen LogP contribution in [-0.4, -0.2) is 42.8 Å². The molecule has 11 heteroatoms. The van der Waals surface area contributed by atoms with Crippen LogP contribution in [0.4, 0.5) is 11.5 Å². The van der Waals surface area contributed by atoms with E-state index < -0.39 is 16.9 Å². The topological polar surface area (TPSA) is 137 Å². The first-order valence-electron chi connectivity index (χ1n) is 9.54. The van der Waals surface area contributed by atoms with E-state index in [1.165, 1.54) is 10.7 Å². The fraction of sp³-hybridized carbons (Fsp3) is 0.556. The summed E-state index contributed by atoms with van der Waals surface area (Å²) in [7, 11) is 0. The Labute approximate surface area is 168 Å². The number of carbonyl (C=O) groups excluding carboxylic acids is 2. The fourth-order valence-corrected chi connectivity index (χ4v) is 2.78. The number of nitrogens with one attached hydrogen (secondary N) is 2. The molecule has 0 fully saturated rings. The lowest BCUT2D eigenvalue weighted by Crippen LogP contribution is -2.30. The number of aromatic nitrogens is 4. The summed E-state index contributed by atoms with van der Waals surface area (Å²) < 4.78 is 2.89. The Balaban J connectivity index is 2.27. The van der Waals surface area contributed by atoms with Crippen molar-refractivity contribution in [1.29, 1.82) is 0 Å². The minimum absolute atomic E-state index is 0.124. The van der Waals surface area contributed by atoms with Crippen LogP contribution in [-0.2, 0) is 11.3 Å². The van der Waals surface area contributed by atoms with Crippen molar-refractivity contribution in [2.24, 2.45) is 5.92 Å². The van der Waals surface area contributed by atoms with Gasteiger partial charge in [-0.25, -0.2) is 0 Å². The van der Waals surface area contributed by atoms with Crippen LogP contribution >= 0.6 is 0 Å². The third-order valence-electron chi connectivity index (χ3n) is 4.31. The van der Waals surface area contributed by atoms with Gasteiger partial charge >= 0.3 is 5.82 Å². The van der Waals surface area contributed by atoms with Crippen molar-refractivity contribution in [3.63, 3.8) is 0 Å². The average Bonchev–Trinajstić information content (AvgIpc) is 3.24. The van der Waals surface area contributed by atoms with Gasteiger partial charge in [-0.15, -0.1) is 0 Å². The van der Waals surface area contributed by atoms with E-state index in [4.69, 9.17) is 0 Å². The van der Waals surface area contributed by atoms with Crippen LogP contribution in [0.3, 0.4) is 0 Å². The van der Waals surface area contributed by atoms with Gasteiger partial charge in [-0.05, 0) is 31.1 Å². The third kappa shape index (κ3) is 5.18. The maximum absolute atomic E-state index is 12.9. The molecular weight excluding hydrogens is 378 g/mol. The van der Waals surface area contributed by atoms with E-state index in [9.17, 15) is 19.7 Å². The second kappa shape index (κ2) is 9.30. The highest BCUT2D eigenvalue weighted by Gasteiger charge is 2.28. The van der Waals surface area contributed by atoms with E-state index in [1.807, 2.05) is 20.8 Å². The molecule has 2 heterocycles. The molecule has 0 aliphatic heterocycles. The fourth-order valence-electron chi connectivity index (χ4n) is 2.78. The molecule has 2 aromatic rings. The zero-order valence-electron chi connectivity index (χ0n) is 17.3. The van der Waals surface area contributed by atoms with Gasteiger partial charge in [-0.3, -0.25) is 14.3 Å². The van der Waals surface area contributed by atoms with E-state index in [-0.39, 0.29) is 29.0 Å². The molecule has 2 amide bonds. The van der Waals surface area contributed by atoms with Gasteiger partial charge in [-0.2, -0.15) is 9.78 Å². The number of aryl methyl sites for hydroxylation is 2. The van der Waals surface area contributed by atoms with Gasteiger partial charge in [0.25, 0.3) is 11.8 Å². The maximum atomic E-state index is 12.9. The first-order chi connectivity index (χ1) is 13.7. The van der Waals surface area contributed by atoms with Crippen LogP contribution in [0.25, 0.3) is 0 Å². The summed E-state index contributed by atoms with van der Waals surface area (Å²) in [5.41, 5.74) is 0.910. The highest BCUT2D eigenvalue weighted by Crippen LogP contribution is 2.22. The molecule has 0 aliphatic rings. The molecule has 158 valence electrons. The highest BCUT2D eigenvalue weighted by molar-refractivity contribution is 6.03. The number of rotatable bonds is 9. The van der Waals surface area contributed by atoms with Gasteiger partial charge in [0.1, 0.15) is 0 Å². The van der Waals surface area contributed by atoms with E-state index >= 15 is 0 Å². The first kappa shape index (κ1) is 22.1. The van der Waals surface area contributed by atoms with Gasteiger partial charge in [0.15, 0.2) is 11.7 Å². The van der Waals surface area contributed by atoms with Gasteiger partial charge < -0.3 is 20.7 Å². The molecule has 0 saturated heterocycles. The minimum atomic E-state index is -0.764. The van der Waals surface area contributed by atoms with E-state index in [0.29, 0.717) is 25.2 Å². The summed E-state index contributed by atoms with van der Waals surface area (Å²) in [6, 6.07) is 0.552. The Morgan fingerprint density at radius 1 is 1.28 bits per heavy atom. The Hall–Kier alpha value is -3.24. The third-order valence-corrected chi connectivity index (χ3v) is 4.31. The molecule has 0 bridgehead atoms. The van der Waals surface area contributed by atoms with E-state index in [2.05, 4.69) is 20.8 Å². The molecule has 0 aromatic carbocycles. The summed E-state index contributed by atoms with van der Waals surface area (Å²) in [5, 5.41) is 24.7. The Morgan fingerprint density at radius 2 is 1.97 bits per heavy atom. The molecule has 1 atom stereocenters. The highest BCUT2D eigenvalue weighted by atomic mass is 16.6. The van der Waals surface area contributed by atoms with Crippen LogP contribution in [0, 0.1) is 23.0 Å². The summed E-state index contributed by atoms with van der Waals surface area (Å²) in [6.07, 6.45) is 1.95. The van der Waals surface area contributed by atoms with Crippen LogP contribution in [0.1, 0.15) is 56.3 Å². The summed E-state index contributed by atoms with van der Waals surface area (Å²) in [4.78, 5) is 35.8. The molecular formula is C18H27N7O4. The summed E-state index contributed by atoms with van der Waals surface area (Å²) in [5.74, 6) is -0.850. The Bertz CT molecular complexity index is 900.